The van der Waals surface area contributed by atoms with Crippen LogP contribution in [0.1, 0.15) is 35.2 Å². The van der Waals surface area contributed by atoms with Crippen LogP contribution in [-0.2, 0) is 6.42 Å². The van der Waals surface area contributed by atoms with Gasteiger partial charge in [0.25, 0.3) is 5.91 Å². The van der Waals surface area contributed by atoms with Gasteiger partial charge in [-0.3, -0.25) is 4.79 Å². The Kier molecular flexibility index (Phi) is 3.10. The van der Waals surface area contributed by atoms with E-state index in [-0.39, 0.29) is 5.91 Å². The van der Waals surface area contributed by atoms with Gasteiger partial charge in [0.15, 0.2) is 0 Å². The lowest BCUT2D eigenvalue weighted by Gasteiger charge is -2.26. The van der Waals surface area contributed by atoms with Gasteiger partial charge in [0.2, 0.25) is 0 Å². The topological polar surface area (TPSA) is 20.3 Å². The van der Waals surface area contributed by atoms with Crippen LogP contribution >= 0.6 is 11.8 Å². The lowest BCUT2D eigenvalue weighted by molar-refractivity contribution is 0.0724. The third kappa shape index (κ3) is 2.21. The lowest BCUT2D eigenvalue weighted by atomic mass is 10.1. The molecule has 90 valence electrons. The zero-order chi connectivity index (χ0) is 11.7. The third-order valence-corrected chi connectivity index (χ3v) is 4.69. The SMILES string of the molecule is O=C(c1ccc2c(c1)SCC2)N1CCCCC1. The summed E-state index contributed by atoms with van der Waals surface area (Å²) in [5.41, 5.74) is 2.28. The number of hydrogen-bond acceptors (Lipinski definition) is 2. The Morgan fingerprint density at radius 3 is 2.82 bits per heavy atom. The second-order valence-corrected chi connectivity index (χ2v) is 5.91. The maximum Gasteiger partial charge on any atom is 0.253 e. The first kappa shape index (κ1) is 11.1. The maximum absolute atomic E-state index is 12.3. The first-order valence-corrected chi connectivity index (χ1v) is 7.38. The molecule has 0 N–H and O–H groups in total. The smallest absolute Gasteiger partial charge is 0.253 e. The van der Waals surface area contributed by atoms with E-state index in [2.05, 4.69) is 12.1 Å². The summed E-state index contributed by atoms with van der Waals surface area (Å²) in [6, 6.07) is 6.22. The number of fused-ring (bicyclic) bond motifs is 1. The van der Waals surface area contributed by atoms with E-state index in [4.69, 9.17) is 0 Å². The van der Waals surface area contributed by atoms with Crippen LogP contribution in [0.5, 0.6) is 0 Å². The van der Waals surface area contributed by atoms with Crippen molar-refractivity contribution < 1.29 is 4.79 Å². The molecule has 1 saturated heterocycles. The minimum Gasteiger partial charge on any atom is -0.339 e. The van der Waals surface area contributed by atoms with Crippen molar-refractivity contribution in [2.45, 2.75) is 30.6 Å². The molecule has 17 heavy (non-hydrogen) atoms. The standard InChI is InChI=1S/C14H17NOS/c16-14(15-7-2-1-3-8-15)12-5-4-11-6-9-17-13(11)10-12/h4-5,10H,1-3,6-9H2. The van der Waals surface area contributed by atoms with E-state index in [9.17, 15) is 4.79 Å². The molecule has 3 heteroatoms. The molecule has 0 aromatic heterocycles. The summed E-state index contributed by atoms with van der Waals surface area (Å²) in [6.45, 7) is 1.87. The molecule has 1 amide bonds. The Balaban J connectivity index is 1.81. The van der Waals surface area contributed by atoms with Crippen molar-refractivity contribution in [3.8, 4) is 0 Å². The van der Waals surface area contributed by atoms with Gasteiger partial charge >= 0.3 is 0 Å². The zero-order valence-corrected chi connectivity index (χ0v) is 10.8. The zero-order valence-electron chi connectivity index (χ0n) is 9.95. The van der Waals surface area contributed by atoms with Gasteiger partial charge in [-0.25, -0.2) is 0 Å². The second-order valence-electron chi connectivity index (χ2n) is 4.77. The summed E-state index contributed by atoms with van der Waals surface area (Å²) in [4.78, 5) is 15.6. The summed E-state index contributed by atoms with van der Waals surface area (Å²) in [5, 5.41) is 0. The van der Waals surface area contributed by atoms with Crippen molar-refractivity contribution >= 4 is 17.7 Å². The molecular formula is C14H17NOS. The van der Waals surface area contributed by atoms with E-state index in [1.165, 1.54) is 16.9 Å². The molecule has 1 fully saturated rings. The highest BCUT2D eigenvalue weighted by molar-refractivity contribution is 7.99. The molecule has 2 aliphatic rings. The summed E-state index contributed by atoms with van der Waals surface area (Å²) < 4.78 is 0. The highest BCUT2D eigenvalue weighted by atomic mass is 32.2. The highest BCUT2D eigenvalue weighted by Crippen LogP contribution is 2.32. The van der Waals surface area contributed by atoms with Crippen molar-refractivity contribution in [3.63, 3.8) is 0 Å². The molecule has 1 aromatic rings. The molecule has 0 bridgehead atoms. The number of likely N-dealkylation sites (tertiary alicyclic amines) is 1. The van der Waals surface area contributed by atoms with Gasteiger partial charge in [-0.2, -0.15) is 0 Å². The first-order valence-electron chi connectivity index (χ1n) is 6.39. The quantitative estimate of drug-likeness (QED) is 0.760. The van der Waals surface area contributed by atoms with Gasteiger partial charge in [0.1, 0.15) is 0 Å². The molecule has 0 unspecified atom stereocenters. The van der Waals surface area contributed by atoms with Gasteiger partial charge in [0, 0.05) is 29.3 Å². The minimum atomic E-state index is 0.222. The number of carbonyl (C=O) groups is 1. The molecule has 0 aliphatic carbocycles. The van der Waals surface area contributed by atoms with Crippen LogP contribution in [0.3, 0.4) is 0 Å². The maximum atomic E-state index is 12.3. The van der Waals surface area contributed by atoms with Crippen LogP contribution in [0.25, 0.3) is 0 Å². The van der Waals surface area contributed by atoms with Crippen molar-refractivity contribution in [3.05, 3.63) is 29.3 Å². The molecule has 3 rings (SSSR count). The predicted octanol–water partition coefficient (Wildman–Crippen LogP) is 2.96. The summed E-state index contributed by atoms with van der Waals surface area (Å²) >= 11 is 1.88. The number of thioether (sulfide) groups is 1. The number of nitrogens with zero attached hydrogens (tertiary/aromatic N) is 1. The fraction of sp³-hybridized carbons (Fsp3) is 0.500. The molecule has 2 heterocycles. The van der Waals surface area contributed by atoms with Crippen molar-refractivity contribution in [1.82, 2.24) is 4.90 Å². The van der Waals surface area contributed by atoms with Crippen LogP contribution in [0.4, 0.5) is 0 Å². The van der Waals surface area contributed by atoms with Crippen LogP contribution < -0.4 is 0 Å². The van der Waals surface area contributed by atoms with Crippen LogP contribution in [0, 0.1) is 0 Å². The van der Waals surface area contributed by atoms with E-state index in [1.54, 1.807) is 0 Å². The third-order valence-electron chi connectivity index (χ3n) is 3.59. The van der Waals surface area contributed by atoms with Gasteiger partial charge in [-0.1, -0.05) is 6.07 Å². The van der Waals surface area contributed by atoms with Gasteiger partial charge in [-0.05, 0) is 43.4 Å². The summed E-state index contributed by atoms with van der Waals surface area (Å²) in [7, 11) is 0. The van der Waals surface area contributed by atoms with E-state index in [0.29, 0.717) is 0 Å². The normalized spacial score (nSPS) is 19.2. The summed E-state index contributed by atoms with van der Waals surface area (Å²) in [6.07, 6.45) is 4.73. The summed E-state index contributed by atoms with van der Waals surface area (Å²) in [5.74, 6) is 1.39. The van der Waals surface area contributed by atoms with E-state index in [1.807, 2.05) is 22.7 Å². The largest absolute Gasteiger partial charge is 0.339 e. The number of piperidine rings is 1. The van der Waals surface area contributed by atoms with Gasteiger partial charge in [0.05, 0.1) is 0 Å². The highest BCUT2D eigenvalue weighted by Gasteiger charge is 2.20. The Morgan fingerprint density at radius 2 is 2.00 bits per heavy atom. The predicted molar refractivity (Wildman–Crippen MR) is 70.6 cm³/mol. The number of aryl methyl sites for hydroxylation is 1. The molecule has 0 atom stereocenters. The molecule has 2 nitrogen and oxygen atoms in total. The average molecular weight is 247 g/mol. The fourth-order valence-electron chi connectivity index (χ4n) is 2.58. The average Bonchev–Trinajstić information content (AvgIpc) is 2.86. The Hall–Kier alpha value is -0.960. The Labute approximate surface area is 106 Å². The van der Waals surface area contributed by atoms with Crippen LogP contribution in [0.2, 0.25) is 0 Å². The molecule has 0 saturated carbocycles. The van der Waals surface area contributed by atoms with E-state index >= 15 is 0 Å². The molecular weight excluding hydrogens is 230 g/mol. The van der Waals surface area contributed by atoms with Crippen molar-refractivity contribution in [2.75, 3.05) is 18.8 Å². The number of benzene rings is 1. The Bertz CT molecular complexity index is 438. The fourth-order valence-corrected chi connectivity index (χ4v) is 3.69. The number of carbonyl (C=O) groups excluding carboxylic acids is 1. The van der Waals surface area contributed by atoms with Crippen molar-refractivity contribution in [1.29, 1.82) is 0 Å². The van der Waals surface area contributed by atoms with E-state index < -0.39 is 0 Å². The molecule has 2 aliphatic heterocycles. The molecule has 0 spiro atoms. The van der Waals surface area contributed by atoms with Gasteiger partial charge < -0.3 is 4.90 Å². The van der Waals surface area contributed by atoms with Crippen LogP contribution in [0.15, 0.2) is 23.1 Å². The number of rotatable bonds is 1. The molecule has 1 aromatic carbocycles. The lowest BCUT2D eigenvalue weighted by Crippen LogP contribution is -2.35. The number of amides is 1. The van der Waals surface area contributed by atoms with E-state index in [0.717, 1.165) is 43.7 Å². The van der Waals surface area contributed by atoms with Gasteiger partial charge in [-0.15, -0.1) is 11.8 Å². The molecule has 0 radical (unpaired) electrons. The monoisotopic (exact) mass is 247 g/mol. The second kappa shape index (κ2) is 4.73. The van der Waals surface area contributed by atoms with Crippen molar-refractivity contribution in [2.24, 2.45) is 0 Å². The first-order chi connectivity index (χ1) is 8.34. The number of hydrogen-bond donors (Lipinski definition) is 0. The minimum absolute atomic E-state index is 0.222. The Morgan fingerprint density at radius 1 is 1.18 bits per heavy atom. The van der Waals surface area contributed by atoms with Crippen LogP contribution in [-0.4, -0.2) is 29.6 Å².